The summed E-state index contributed by atoms with van der Waals surface area (Å²) in [4.78, 5) is 17.3. The number of hydrogen-bond donors (Lipinski definition) is 0. The molecule has 0 aromatic carbocycles. The third-order valence-corrected chi connectivity index (χ3v) is 13.0. The molecule has 0 saturated carbocycles. The molecule has 0 bridgehead atoms. The number of rotatable bonds is 5. The predicted molar refractivity (Wildman–Crippen MR) is 121 cm³/mol. The van der Waals surface area contributed by atoms with Crippen LogP contribution in [0, 0.1) is 0 Å². The van der Waals surface area contributed by atoms with Crippen molar-refractivity contribution in [1.29, 1.82) is 0 Å². The van der Waals surface area contributed by atoms with E-state index in [2.05, 4.69) is 50.8 Å². The molecule has 2 aromatic rings. The molecule has 0 atom stereocenters. The van der Waals surface area contributed by atoms with E-state index >= 15 is 0 Å². The Labute approximate surface area is 171 Å². The number of pyridine rings is 1. The Balaban J connectivity index is 2.67. The lowest BCUT2D eigenvalue weighted by Gasteiger charge is -2.38. The van der Waals surface area contributed by atoms with Crippen LogP contribution in [0.15, 0.2) is 24.5 Å². The highest BCUT2D eigenvalue weighted by Gasteiger charge is 2.44. The first-order chi connectivity index (χ1) is 12.5. The predicted octanol–water partition coefficient (Wildman–Crippen LogP) is 4.80. The van der Waals surface area contributed by atoms with Gasteiger partial charge in [0.25, 0.3) is 0 Å². The number of aromatic nitrogens is 2. The van der Waals surface area contributed by atoms with Gasteiger partial charge in [-0.25, -0.2) is 14.3 Å². The highest BCUT2D eigenvalue weighted by molar-refractivity contribution is 6.95. The second-order valence-electron chi connectivity index (χ2n) is 10.1. The normalized spacial score (nSPS) is 13.8. The van der Waals surface area contributed by atoms with Gasteiger partial charge in [-0.3, -0.25) is 0 Å². The summed E-state index contributed by atoms with van der Waals surface area (Å²) in [5, 5.41) is 1.82. The average molecular weight is 439 g/mol. The minimum atomic E-state index is -2.79. The molecule has 0 fully saturated rings. The zero-order chi connectivity index (χ0) is 21.5. The second kappa shape index (κ2) is 7.53. The van der Waals surface area contributed by atoms with Crippen molar-refractivity contribution in [3.8, 4) is 0 Å². The summed E-state index contributed by atoms with van der Waals surface area (Å²) in [5.41, 5.74) is -0.0173. The van der Waals surface area contributed by atoms with Crippen LogP contribution in [0.2, 0.25) is 45.8 Å². The van der Waals surface area contributed by atoms with Gasteiger partial charge in [0.1, 0.15) is 11.2 Å². The Morgan fingerprint density at radius 1 is 1.00 bits per heavy atom. The van der Waals surface area contributed by atoms with E-state index in [-0.39, 0.29) is 0 Å². The Morgan fingerprint density at radius 3 is 2.00 bits per heavy atom. The monoisotopic (exact) mass is 438 g/mol. The Hall–Kier alpha value is -1.27. The third-order valence-electron chi connectivity index (χ3n) is 3.64. The van der Waals surface area contributed by atoms with E-state index < -0.39 is 36.9 Å². The minimum absolute atomic E-state index is 0.445. The Bertz CT molecular complexity index is 845. The van der Waals surface area contributed by atoms with Crippen LogP contribution < -0.4 is 5.19 Å². The number of fused-ring (bicyclic) bond motifs is 1. The summed E-state index contributed by atoms with van der Waals surface area (Å²) >= 11 is 0. The molecule has 0 spiro atoms. The highest BCUT2D eigenvalue weighted by Crippen LogP contribution is 2.25. The standard InChI is InChI=1S/C19H34N2O4Si3/c1-19(2,3)23-18(22)21-14-16(15-12-11-13-20-17(15)21)28(10,24-26(4,5)6)25-27(7,8)9/h11-14H,1-10H3. The molecule has 0 radical (unpaired) electrons. The molecule has 0 unspecified atom stereocenters. The second-order valence-corrected chi connectivity index (χ2v) is 22.7. The van der Waals surface area contributed by atoms with Crippen molar-refractivity contribution in [2.24, 2.45) is 0 Å². The summed E-state index contributed by atoms with van der Waals surface area (Å²) in [6, 6.07) is 3.86. The zero-order valence-electron chi connectivity index (χ0n) is 18.8. The maximum absolute atomic E-state index is 12.8. The molecule has 2 rings (SSSR count). The van der Waals surface area contributed by atoms with Gasteiger partial charge >= 0.3 is 14.7 Å². The molecule has 0 aliphatic heterocycles. The average Bonchev–Trinajstić information content (AvgIpc) is 2.81. The summed E-state index contributed by atoms with van der Waals surface area (Å²) in [5.74, 6) is 0. The molecule has 2 aromatic heterocycles. The fourth-order valence-corrected chi connectivity index (χ4v) is 15.0. The van der Waals surface area contributed by atoms with E-state index in [1.54, 1.807) is 6.20 Å². The molecule has 9 heteroatoms. The van der Waals surface area contributed by atoms with E-state index in [1.165, 1.54) is 4.57 Å². The van der Waals surface area contributed by atoms with E-state index in [4.69, 9.17) is 13.0 Å². The van der Waals surface area contributed by atoms with Crippen molar-refractivity contribution in [2.75, 3.05) is 0 Å². The summed E-state index contributed by atoms with van der Waals surface area (Å²) in [7, 11) is -6.60. The smallest absolute Gasteiger partial charge is 0.420 e. The topological polar surface area (TPSA) is 62.6 Å². The Kier molecular flexibility index (Phi) is 6.19. The molecule has 0 aliphatic rings. The molecular weight excluding hydrogens is 404 g/mol. The fourth-order valence-electron chi connectivity index (χ4n) is 3.17. The molecule has 6 nitrogen and oxygen atoms in total. The lowest BCUT2D eigenvalue weighted by atomic mass is 10.2. The first-order valence-corrected chi connectivity index (χ1v) is 18.7. The van der Waals surface area contributed by atoms with Crippen LogP contribution in [0.1, 0.15) is 20.8 Å². The van der Waals surface area contributed by atoms with Gasteiger partial charge in [0.05, 0.1) is 0 Å². The first-order valence-electron chi connectivity index (χ1n) is 9.61. The van der Waals surface area contributed by atoms with E-state index in [0.717, 1.165) is 10.6 Å². The number of carbonyl (C=O) groups is 1. The van der Waals surface area contributed by atoms with Crippen LogP contribution in [-0.2, 0) is 13.0 Å². The van der Waals surface area contributed by atoms with Crippen molar-refractivity contribution in [1.82, 2.24) is 9.55 Å². The van der Waals surface area contributed by atoms with E-state index in [0.29, 0.717) is 5.65 Å². The van der Waals surface area contributed by atoms with Crippen LogP contribution in [0.5, 0.6) is 0 Å². The maximum atomic E-state index is 12.8. The van der Waals surface area contributed by atoms with E-state index in [1.807, 2.05) is 39.1 Å². The van der Waals surface area contributed by atoms with Crippen LogP contribution in [0.25, 0.3) is 11.0 Å². The summed E-state index contributed by atoms with van der Waals surface area (Å²) in [6.07, 6.45) is 3.06. The number of nitrogens with zero attached hydrogens (tertiary/aromatic N) is 2. The van der Waals surface area contributed by atoms with Gasteiger partial charge in [-0.15, -0.1) is 0 Å². The largest absolute Gasteiger partial charge is 0.443 e. The van der Waals surface area contributed by atoms with E-state index in [9.17, 15) is 4.79 Å². The van der Waals surface area contributed by atoms with Crippen molar-refractivity contribution in [3.63, 3.8) is 0 Å². The van der Waals surface area contributed by atoms with Crippen molar-refractivity contribution >= 4 is 47.5 Å². The van der Waals surface area contributed by atoms with Gasteiger partial charge in [0.15, 0.2) is 16.6 Å². The van der Waals surface area contributed by atoms with Gasteiger partial charge in [-0.1, -0.05) is 0 Å². The summed E-state index contributed by atoms with van der Waals surface area (Å²) < 4.78 is 20.5. The lowest BCUT2D eigenvalue weighted by molar-refractivity contribution is 0.0544. The fraction of sp³-hybridized carbons (Fsp3) is 0.579. The first kappa shape index (κ1) is 23.0. The molecule has 28 heavy (non-hydrogen) atoms. The van der Waals surface area contributed by atoms with Gasteiger partial charge < -0.3 is 13.0 Å². The quantitative estimate of drug-likeness (QED) is 0.627. The van der Waals surface area contributed by atoms with Crippen LogP contribution in [0.4, 0.5) is 4.79 Å². The molecular formula is C19H34N2O4Si3. The zero-order valence-corrected chi connectivity index (χ0v) is 21.8. The molecule has 156 valence electrons. The minimum Gasteiger partial charge on any atom is -0.443 e. The molecule has 0 N–H and O–H groups in total. The van der Waals surface area contributed by atoms with Gasteiger partial charge in [0, 0.05) is 23.0 Å². The van der Waals surface area contributed by atoms with Crippen LogP contribution in [-0.4, -0.2) is 46.4 Å². The molecule has 0 saturated heterocycles. The molecule has 0 amide bonds. The molecule has 0 aliphatic carbocycles. The summed E-state index contributed by atoms with van der Waals surface area (Å²) in [6.45, 7) is 20.6. The van der Waals surface area contributed by atoms with Gasteiger partial charge in [-0.05, 0) is 78.7 Å². The van der Waals surface area contributed by atoms with Gasteiger partial charge in [-0.2, -0.15) is 0 Å². The SMILES string of the molecule is CC(C)(C)OC(=O)n1cc([Si](C)(O[Si](C)(C)C)O[Si](C)(C)C)c2cccnc21. The number of carbonyl (C=O) groups excluding carboxylic acids is 1. The number of ether oxygens (including phenoxy) is 1. The van der Waals surface area contributed by atoms with Crippen molar-refractivity contribution in [3.05, 3.63) is 24.5 Å². The number of hydrogen-bond acceptors (Lipinski definition) is 5. The molecule has 2 heterocycles. The van der Waals surface area contributed by atoms with Crippen LogP contribution in [0.3, 0.4) is 0 Å². The Morgan fingerprint density at radius 2 is 1.54 bits per heavy atom. The lowest BCUT2D eigenvalue weighted by Crippen LogP contribution is -2.60. The maximum Gasteiger partial charge on any atom is 0.420 e. The van der Waals surface area contributed by atoms with Gasteiger partial charge in [0.2, 0.25) is 0 Å². The van der Waals surface area contributed by atoms with Crippen LogP contribution >= 0.6 is 0 Å². The van der Waals surface area contributed by atoms with Crippen molar-refractivity contribution < 1.29 is 17.8 Å². The highest BCUT2D eigenvalue weighted by atomic mass is 28.5. The third kappa shape index (κ3) is 5.86. The van der Waals surface area contributed by atoms with Crippen molar-refractivity contribution in [2.45, 2.75) is 72.2 Å².